The number of sulfonamides is 1. The lowest BCUT2D eigenvalue weighted by molar-refractivity contribution is -0.319. The number of methoxy groups -OCH3 is 1. The van der Waals surface area contributed by atoms with Crippen molar-refractivity contribution in [1.29, 1.82) is 0 Å². The molecule has 0 spiro atoms. The molecule has 0 saturated carbocycles. The van der Waals surface area contributed by atoms with Gasteiger partial charge in [-0.15, -0.1) is 0 Å². The van der Waals surface area contributed by atoms with Crippen LogP contribution in [0, 0.1) is 6.92 Å². The number of nitrogens with zero attached hydrogens (tertiary/aromatic N) is 1. The second-order valence-electron chi connectivity index (χ2n) is 10.5. The zero-order valence-electron chi connectivity index (χ0n) is 25.7. The first kappa shape index (κ1) is 35.3. The van der Waals surface area contributed by atoms with Gasteiger partial charge in [-0.05, 0) is 31.9 Å². The number of aryl methyl sites for hydroxylation is 1. The molecule has 12 heteroatoms. The fourth-order valence-corrected chi connectivity index (χ4v) is 6.22. The van der Waals surface area contributed by atoms with Crippen molar-refractivity contribution in [2.75, 3.05) is 79.7 Å². The molecular formula is C30H51NO10S. The van der Waals surface area contributed by atoms with Gasteiger partial charge in [-0.3, -0.25) is 0 Å². The fraction of sp³-hybridized carbons (Fsp3) is 0.800. The summed E-state index contributed by atoms with van der Waals surface area (Å²) in [6.07, 6.45) is 1.34. The van der Waals surface area contributed by atoms with E-state index in [-0.39, 0.29) is 57.6 Å². The van der Waals surface area contributed by atoms with E-state index in [4.69, 9.17) is 37.9 Å². The number of ether oxygens (including phenoxy) is 8. The lowest BCUT2D eigenvalue weighted by Gasteiger charge is -2.45. The van der Waals surface area contributed by atoms with Crippen LogP contribution in [0.3, 0.4) is 0 Å². The van der Waals surface area contributed by atoms with Crippen molar-refractivity contribution < 1.29 is 46.3 Å². The molecule has 0 N–H and O–H groups in total. The largest absolute Gasteiger partial charge is 0.379 e. The Kier molecular flexibility index (Phi) is 16.2. The van der Waals surface area contributed by atoms with Crippen LogP contribution in [0.1, 0.15) is 45.1 Å². The Morgan fingerprint density at radius 3 is 2.10 bits per heavy atom. The minimum Gasteiger partial charge on any atom is -0.379 e. The highest BCUT2D eigenvalue weighted by Crippen LogP contribution is 2.29. The minimum absolute atomic E-state index is 0.193. The smallest absolute Gasteiger partial charge is 0.243 e. The maximum absolute atomic E-state index is 13.3. The predicted molar refractivity (Wildman–Crippen MR) is 157 cm³/mol. The van der Waals surface area contributed by atoms with E-state index >= 15 is 0 Å². The van der Waals surface area contributed by atoms with Gasteiger partial charge in [0.1, 0.15) is 24.4 Å². The highest BCUT2D eigenvalue weighted by molar-refractivity contribution is 7.89. The van der Waals surface area contributed by atoms with Gasteiger partial charge in [-0.25, -0.2) is 8.42 Å². The third-order valence-corrected chi connectivity index (χ3v) is 9.17. The van der Waals surface area contributed by atoms with Crippen LogP contribution in [0.15, 0.2) is 29.2 Å². The molecule has 2 aliphatic rings. The summed E-state index contributed by atoms with van der Waals surface area (Å²) >= 11 is 0. The van der Waals surface area contributed by atoms with Crippen LogP contribution < -0.4 is 0 Å². The lowest BCUT2D eigenvalue weighted by atomic mass is 9.98. The van der Waals surface area contributed by atoms with E-state index in [1.807, 2.05) is 6.92 Å². The molecule has 2 saturated heterocycles. The highest BCUT2D eigenvalue weighted by Gasteiger charge is 2.48. The third-order valence-electron chi connectivity index (χ3n) is 7.26. The van der Waals surface area contributed by atoms with Crippen LogP contribution in [0.5, 0.6) is 0 Å². The molecule has 0 unspecified atom stereocenters. The van der Waals surface area contributed by atoms with Gasteiger partial charge in [0, 0.05) is 33.4 Å². The van der Waals surface area contributed by atoms with Gasteiger partial charge in [0.25, 0.3) is 0 Å². The van der Waals surface area contributed by atoms with E-state index < -0.39 is 40.7 Å². The molecule has 242 valence electrons. The number of benzene rings is 1. The Morgan fingerprint density at radius 1 is 0.857 bits per heavy atom. The monoisotopic (exact) mass is 617 g/mol. The molecular weight excluding hydrogens is 566 g/mol. The first-order chi connectivity index (χ1) is 20.4. The van der Waals surface area contributed by atoms with Gasteiger partial charge in [0.2, 0.25) is 10.0 Å². The van der Waals surface area contributed by atoms with Gasteiger partial charge < -0.3 is 37.9 Å². The summed E-state index contributed by atoms with van der Waals surface area (Å²) in [6.45, 7) is 9.58. The molecule has 1 aromatic rings. The number of rotatable bonds is 12. The van der Waals surface area contributed by atoms with Crippen LogP contribution in [-0.4, -0.2) is 123 Å². The number of unbranched alkanes of at least 4 members (excludes halogenated alkanes) is 2. The van der Waals surface area contributed by atoms with Crippen molar-refractivity contribution in [3.8, 4) is 0 Å². The molecule has 0 aromatic heterocycles. The average Bonchev–Trinajstić information content (AvgIpc) is 2.99. The zero-order chi connectivity index (χ0) is 30.2. The molecule has 5 atom stereocenters. The molecule has 0 aliphatic carbocycles. The van der Waals surface area contributed by atoms with E-state index in [0.717, 1.165) is 31.2 Å². The maximum Gasteiger partial charge on any atom is 0.243 e. The summed E-state index contributed by atoms with van der Waals surface area (Å²) in [4.78, 5) is 0.245. The van der Waals surface area contributed by atoms with Crippen LogP contribution in [0.25, 0.3) is 0 Å². The van der Waals surface area contributed by atoms with Crippen molar-refractivity contribution in [2.45, 2.75) is 82.1 Å². The van der Waals surface area contributed by atoms with E-state index in [1.165, 1.54) is 4.31 Å². The molecule has 1 aromatic carbocycles. The second kappa shape index (κ2) is 19.3. The molecule has 42 heavy (non-hydrogen) atoms. The molecule has 2 heterocycles. The molecule has 2 fully saturated rings. The van der Waals surface area contributed by atoms with Crippen molar-refractivity contribution in [1.82, 2.24) is 4.31 Å². The van der Waals surface area contributed by atoms with Gasteiger partial charge in [0.05, 0.1) is 51.1 Å². The Hall–Kier alpha value is -1.19. The van der Waals surface area contributed by atoms with Crippen LogP contribution >= 0.6 is 0 Å². The molecule has 0 bridgehead atoms. The quantitative estimate of drug-likeness (QED) is 0.324. The van der Waals surface area contributed by atoms with Crippen LogP contribution in [0.2, 0.25) is 0 Å². The highest BCUT2D eigenvalue weighted by atomic mass is 32.2. The fourth-order valence-electron chi connectivity index (χ4n) is 4.81. The first-order valence-electron chi connectivity index (χ1n) is 15.3. The molecule has 0 amide bonds. The van der Waals surface area contributed by atoms with E-state index in [0.29, 0.717) is 19.8 Å². The average molecular weight is 618 g/mol. The minimum atomic E-state index is -3.71. The maximum atomic E-state index is 13.3. The number of hydrogen-bond acceptors (Lipinski definition) is 10. The zero-order valence-corrected chi connectivity index (χ0v) is 26.6. The van der Waals surface area contributed by atoms with Gasteiger partial charge in [0.15, 0.2) is 6.29 Å². The van der Waals surface area contributed by atoms with Crippen molar-refractivity contribution in [3.05, 3.63) is 29.8 Å². The summed E-state index contributed by atoms with van der Waals surface area (Å²) in [5.41, 5.74) is 0.993. The molecule has 11 nitrogen and oxygen atoms in total. The van der Waals surface area contributed by atoms with Gasteiger partial charge in [-0.1, -0.05) is 44.4 Å². The summed E-state index contributed by atoms with van der Waals surface area (Å²) in [6, 6.07) is 6.83. The Morgan fingerprint density at radius 2 is 1.48 bits per heavy atom. The number of fused-ring (bicyclic) bond motifs is 1. The summed E-state index contributed by atoms with van der Waals surface area (Å²) < 4.78 is 76.5. The Labute approximate surface area is 252 Å². The molecule has 3 rings (SSSR count). The lowest BCUT2D eigenvalue weighted by Crippen LogP contribution is -2.62. The van der Waals surface area contributed by atoms with Crippen LogP contribution in [0.4, 0.5) is 0 Å². The van der Waals surface area contributed by atoms with Gasteiger partial charge in [-0.2, -0.15) is 4.31 Å². The summed E-state index contributed by atoms with van der Waals surface area (Å²) in [5.74, 6) is 0. The van der Waals surface area contributed by atoms with E-state index in [9.17, 15) is 8.42 Å². The SMILES string of the molecule is CCCCOC[C@H]1O[C@H](OC)[C@@H]2OCCOCCN(S(=O)(=O)c3ccc(C)cc3)CCOCCO[C@H]2[C@@H]1OCCCC. The standard InChI is InChI=1S/C30H51NO10S/c1-5-7-15-37-23-26-27(38-16-8-6-2)28-29(30(34-4)41-26)40-22-20-36-18-14-31(13-17-35-19-21-39-28)42(32,33)25-11-9-24(3)10-12-25/h9-12,26-30H,5-8,13-23H2,1-4H3/t26-,27-,28+,29-,30+/m1/s1. The molecule has 2 aliphatic heterocycles. The van der Waals surface area contributed by atoms with Crippen LogP contribution in [-0.2, 0) is 47.9 Å². The van der Waals surface area contributed by atoms with E-state index in [2.05, 4.69) is 13.8 Å². The predicted octanol–water partition coefficient (Wildman–Crippen LogP) is 3.18. The first-order valence-corrected chi connectivity index (χ1v) is 16.7. The van der Waals surface area contributed by atoms with E-state index in [1.54, 1.807) is 31.4 Å². The van der Waals surface area contributed by atoms with Gasteiger partial charge >= 0.3 is 0 Å². The number of hydrogen-bond donors (Lipinski definition) is 0. The summed E-state index contributed by atoms with van der Waals surface area (Å²) in [7, 11) is -2.13. The normalized spacial score (nSPS) is 27.6. The topological polar surface area (TPSA) is 111 Å². The van der Waals surface area contributed by atoms with Crippen molar-refractivity contribution >= 4 is 10.0 Å². The summed E-state index contributed by atoms with van der Waals surface area (Å²) in [5, 5.41) is 0. The van der Waals surface area contributed by atoms with Crippen molar-refractivity contribution in [3.63, 3.8) is 0 Å². The Balaban J connectivity index is 1.70. The second-order valence-corrected chi connectivity index (χ2v) is 12.4. The molecule has 0 radical (unpaired) electrons. The Bertz CT molecular complexity index is 963. The van der Waals surface area contributed by atoms with Crippen molar-refractivity contribution in [2.24, 2.45) is 0 Å². The third kappa shape index (κ3) is 10.8.